The third kappa shape index (κ3) is 3.09. The van der Waals surface area contributed by atoms with E-state index in [1.165, 1.54) is 6.33 Å². The molecule has 0 saturated heterocycles. The summed E-state index contributed by atoms with van der Waals surface area (Å²) in [6, 6.07) is 14.2. The molecule has 5 aromatic rings. The minimum Gasteiger partial charge on any atom is -0.388 e. The largest absolute Gasteiger partial charge is 0.388 e. The van der Waals surface area contributed by atoms with E-state index in [0.717, 1.165) is 50.6 Å². The number of pyridine rings is 1. The number of fused-ring (bicyclic) bond motifs is 1. The second-order valence-electron chi connectivity index (χ2n) is 7.37. The molecular formula is C23H22N8. The average molecular weight is 410 g/mol. The number of nitrogens with two attached hydrogens (primary N) is 1. The van der Waals surface area contributed by atoms with Gasteiger partial charge < -0.3 is 15.6 Å². The van der Waals surface area contributed by atoms with Crippen molar-refractivity contribution < 1.29 is 0 Å². The van der Waals surface area contributed by atoms with E-state index < -0.39 is 0 Å². The van der Waals surface area contributed by atoms with Crippen molar-refractivity contribution in [3.05, 3.63) is 66.9 Å². The number of nitrogens with one attached hydrogen (secondary N) is 1. The Hall–Kier alpha value is -4.20. The first kappa shape index (κ1) is 18.8. The molecule has 8 nitrogen and oxygen atoms in total. The van der Waals surface area contributed by atoms with E-state index in [1.807, 2.05) is 63.7 Å². The van der Waals surface area contributed by atoms with E-state index in [-0.39, 0.29) is 0 Å². The summed E-state index contributed by atoms with van der Waals surface area (Å²) >= 11 is 0. The summed E-state index contributed by atoms with van der Waals surface area (Å²) in [6.45, 7) is 1.95. The van der Waals surface area contributed by atoms with Gasteiger partial charge in [0, 0.05) is 43.3 Å². The number of nitrogen functional groups attached to an aromatic ring is 1. The summed E-state index contributed by atoms with van der Waals surface area (Å²) in [5.74, 6) is 1.20. The van der Waals surface area contributed by atoms with E-state index in [0.29, 0.717) is 5.82 Å². The monoisotopic (exact) mass is 410 g/mol. The molecule has 8 heteroatoms. The van der Waals surface area contributed by atoms with Gasteiger partial charge in [-0.05, 0) is 42.8 Å². The van der Waals surface area contributed by atoms with Crippen molar-refractivity contribution >= 4 is 22.5 Å². The number of hydrogen-bond donors (Lipinski definition) is 2. The maximum absolute atomic E-state index is 6.32. The molecule has 0 bridgehead atoms. The second kappa shape index (κ2) is 7.24. The predicted molar refractivity (Wildman–Crippen MR) is 123 cm³/mol. The van der Waals surface area contributed by atoms with Gasteiger partial charge in [0.1, 0.15) is 17.8 Å². The number of hydrogen-bond acceptors (Lipinski definition) is 6. The predicted octanol–water partition coefficient (Wildman–Crippen LogP) is 3.82. The van der Waals surface area contributed by atoms with E-state index in [9.17, 15) is 0 Å². The minimum atomic E-state index is 0.445. The van der Waals surface area contributed by atoms with Gasteiger partial charge in [0.2, 0.25) is 0 Å². The van der Waals surface area contributed by atoms with Crippen molar-refractivity contribution in [1.29, 1.82) is 0 Å². The van der Waals surface area contributed by atoms with Crippen molar-refractivity contribution in [2.75, 3.05) is 18.1 Å². The maximum atomic E-state index is 6.32. The minimum absolute atomic E-state index is 0.445. The lowest BCUT2D eigenvalue weighted by Gasteiger charge is -2.10. The molecule has 4 aromatic heterocycles. The maximum Gasteiger partial charge on any atom is 0.153 e. The topological polar surface area (TPSA) is 99.5 Å². The lowest BCUT2D eigenvalue weighted by Crippen LogP contribution is -1.98. The van der Waals surface area contributed by atoms with Crippen LogP contribution in [0.4, 0.5) is 11.5 Å². The molecular weight excluding hydrogens is 388 g/mol. The van der Waals surface area contributed by atoms with E-state index >= 15 is 0 Å². The Morgan fingerprint density at radius 3 is 2.35 bits per heavy atom. The van der Waals surface area contributed by atoms with Crippen LogP contribution in [0.3, 0.4) is 0 Å². The molecule has 5 rings (SSSR count). The van der Waals surface area contributed by atoms with Gasteiger partial charge in [-0.2, -0.15) is 5.10 Å². The second-order valence-corrected chi connectivity index (χ2v) is 7.37. The lowest BCUT2D eigenvalue weighted by molar-refractivity contribution is 0.833. The van der Waals surface area contributed by atoms with Gasteiger partial charge in [-0.3, -0.25) is 0 Å². The van der Waals surface area contributed by atoms with Gasteiger partial charge >= 0.3 is 0 Å². The van der Waals surface area contributed by atoms with Crippen LogP contribution in [-0.2, 0) is 7.05 Å². The van der Waals surface area contributed by atoms with Crippen LogP contribution in [0.25, 0.3) is 39.2 Å². The van der Waals surface area contributed by atoms with Crippen molar-refractivity contribution in [3.8, 4) is 28.2 Å². The van der Waals surface area contributed by atoms with Gasteiger partial charge in [0.25, 0.3) is 0 Å². The van der Waals surface area contributed by atoms with Crippen LogP contribution in [0.2, 0.25) is 0 Å². The third-order valence-corrected chi connectivity index (χ3v) is 5.44. The van der Waals surface area contributed by atoms with Crippen molar-refractivity contribution in [3.63, 3.8) is 0 Å². The average Bonchev–Trinajstić information content (AvgIpc) is 3.36. The Morgan fingerprint density at radius 1 is 0.935 bits per heavy atom. The summed E-state index contributed by atoms with van der Waals surface area (Å²) in [5, 5.41) is 8.42. The molecule has 4 heterocycles. The van der Waals surface area contributed by atoms with Crippen LogP contribution in [-0.4, -0.2) is 36.3 Å². The zero-order chi connectivity index (χ0) is 21.5. The van der Waals surface area contributed by atoms with Crippen molar-refractivity contribution in [1.82, 2.24) is 29.3 Å². The highest BCUT2D eigenvalue weighted by Crippen LogP contribution is 2.41. The summed E-state index contributed by atoms with van der Waals surface area (Å²) < 4.78 is 3.82. The Bertz CT molecular complexity index is 1380. The molecule has 0 amide bonds. The number of aryl methyl sites for hydroxylation is 2. The van der Waals surface area contributed by atoms with E-state index in [1.54, 1.807) is 4.68 Å². The highest BCUT2D eigenvalue weighted by molar-refractivity contribution is 6.07. The zero-order valence-electron chi connectivity index (χ0n) is 17.5. The fraction of sp³-hybridized carbons (Fsp3) is 0.130. The molecule has 0 fully saturated rings. The highest BCUT2D eigenvalue weighted by atomic mass is 15.3. The van der Waals surface area contributed by atoms with Crippen molar-refractivity contribution in [2.45, 2.75) is 6.92 Å². The molecule has 0 spiro atoms. The number of benzene rings is 1. The Labute approximate surface area is 179 Å². The normalized spacial score (nSPS) is 11.2. The molecule has 0 aliphatic carbocycles. The lowest BCUT2D eigenvalue weighted by atomic mass is 10.00. The Balaban J connectivity index is 1.73. The molecule has 0 saturated carbocycles. The number of aromatic nitrogens is 6. The summed E-state index contributed by atoms with van der Waals surface area (Å²) in [5.41, 5.74) is 13.0. The standard InChI is InChI=1S/C23H22N8/c1-14-10-11-31(29-14)18-9-6-16(12-26-18)19-20-22(24)27-13-28-23(20)30(3)21(19)15-4-7-17(25-2)8-5-15/h4-13,25H,1-3H3,(H2,24,27,28). The first-order chi connectivity index (χ1) is 15.1. The molecule has 154 valence electrons. The number of nitrogens with zero attached hydrogens (tertiary/aromatic N) is 6. The highest BCUT2D eigenvalue weighted by Gasteiger charge is 2.22. The van der Waals surface area contributed by atoms with Crippen LogP contribution in [0.5, 0.6) is 0 Å². The SMILES string of the molecule is CNc1ccc(-c2c(-c3ccc(-n4ccc(C)n4)nc3)c3c(N)ncnc3n2C)cc1. The molecule has 1 aromatic carbocycles. The Morgan fingerprint density at radius 2 is 1.71 bits per heavy atom. The summed E-state index contributed by atoms with van der Waals surface area (Å²) in [7, 11) is 3.90. The first-order valence-corrected chi connectivity index (χ1v) is 9.93. The summed E-state index contributed by atoms with van der Waals surface area (Å²) in [6.07, 6.45) is 5.24. The van der Waals surface area contributed by atoms with Gasteiger partial charge in [-0.1, -0.05) is 12.1 Å². The molecule has 31 heavy (non-hydrogen) atoms. The smallest absolute Gasteiger partial charge is 0.153 e. The molecule has 0 aliphatic heterocycles. The molecule has 3 N–H and O–H groups in total. The van der Waals surface area contributed by atoms with Gasteiger partial charge in [0.05, 0.1) is 16.8 Å². The van der Waals surface area contributed by atoms with Crippen LogP contribution in [0.1, 0.15) is 5.69 Å². The molecule has 0 aliphatic rings. The van der Waals surface area contributed by atoms with Gasteiger partial charge in [-0.25, -0.2) is 19.6 Å². The van der Waals surface area contributed by atoms with Crippen LogP contribution < -0.4 is 11.1 Å². The van der Waals surface area contributed by atoms with Gasteiger partial charge in [0.15, 0.2) is 5.82 Å². The molecule has 0 atom stereocenters. The van der Waals surface area contributed by atoms with Crippen molar-refractivity contribution in [2.24, 2.45) is 7.05 Å². The van der Waals surface area contributed by atoms with Gasteiger partial charge in [-0.15, -0.1) is 0 Å². The molecule has 0 radical (unpaired) electrons. The third-order valence-electron chi connectivity index (χ3n) is 5.44. The van der Waals surface area contributed by atoms with Crippen LogP contribution in [0, 0.1) is 6.92 Å². The number of rotatable bonds is 4. The van der Waals surface area contributed by atoms with Crippen LogP contribution >= 0.6 is 0 Å². The Kier molecular flexibility index (Phi) is 4.39. The van der Waals surface area contributed by atoms with Crippen LogP contribution in [0.15, 0.2) is 61.2 Å². The molecule has 0 unspecified atom stereocenters. The zero-order valence-corrected chi connectivity index (χ0v) is 17.5. The van der Waals surface area contributed by atoms with E-state index in [4.69, 9.17) is 5.73 Å². The first-order valence-electron chi connectivity index (χ1n) is 9.93. The fourth-order valence-electron chi connectivity index (χ4n) is 3.90. The summed E-state index contributed by atoms with van der Waals surface area (Å²) in [4.78, 5) is 13.4. The van der Waals surface area contributed by atoms with E-state index in [2.05, 4.69) is 42.1 Å². The number of anilines is 2. The quantitative estimate of drug-likeness (QED) is 0.467. The fourth-order valence-corrected chi connectivity index (χ4v) is 3.90.